The van der Waals surface area contributed by atoms with Crippen LogP contribution in [0.25, 0.3) is 0 Å². The molecule has 1 aromatic rings. The quantitative estimate of drug-likeness (QED) is 0.799. The van der Waals surface area contributed by atoms with Gasteiger partial charge in [-0.15, -0.1) is 0 Å². The van der Waals surface area contributed by atoms with E-state index in [-0.39, 0.29) is 35.4 Å². The summed E-state index contributed by atoms with van der Waals surface area (Å²) in [6.45, 7) is 7.73. The summed E-state index contributed by atoms with van der Waals surface area (Å²) in [5, 5.41) is 0. The Balaban J connectivity index is 1.79. The molecule has 138 valence electrons. The molecule has 2 aliphatic rings. The first-order valence-corrected chi connectivity index (χ1v) is 10.8. The number of carbonyl (C=O) groups is 1. The van der Waals surface area contributed by atoms with Gasteiger partial charge in [-0.3, -0.25) is 14.7 Å². The van der Waals surface area contributed by atoms with E-state index in [2.05, 4.69) is 22.9 Å². The van der Waals surface area contributed by atoms with Gasteiger partial charge in [-0.05, 0) is 18.1 Å². The van der Waals surface area contributed by atoms with E-state index in [0.29, 0.717) is 19.6 Å². The number of nitrogens with zero attached hydrogens (tertiary/aromatic N) is 3. The van der Waals surface area contributed by atoms with Gasteiger partial charge in [0.2, 0.25) is 5.91 Å². The fourth-order valence-corrected chi connectivity index (χ4v) is 5.80. The molecule has 2 fully saturated rings. The number of hydrogen-bond acceptors (Lipinski definition) is 5. The number of rotatable bonds is 4. The Morgan fingerprint density at radius 2 is 1.96 bits per heavy atom. The number of fused-ring (bicyclic) bond motifs is 1. The van der Waals surface area contributed by atoms with Crippen LogP contribution in [0.1, 0.15) is 32.0 Å². The van der Waals surface area contributed by atoms with E-state index >= 15 is 0 Å². The highest BCUT2D eigenvalue weighted by molar-refractivity contribution is 7.91. The third-order valence-electron chi connectivity index (χ3n) is 5.23. The third kappa shape index (κ3) is 3.87. The van der Waals surface area contributed by atoms with E-state index in [1.165, 1.54) is 5.56 Å². The van der Waals surface area contributed by atoms with Crippen molar-refractivity contribution in [1.82, 2.24) is 14.8 Å². The van der Waals surface area contributed by atoms with Crippen molar-refractivity contribution in [2.24, 2.45) is 5.92 Å². The van der Waals surface area contributed by atoms with E-state index < -0.39 is 9.84 Å². The number of amides is 1. The second kappa shape index (κ2) is 7.03. The Morgan fingerprint density at radius 3 is 2.56 bits per heavy atom. The third-order valence-corrected chi connectivity index (χ3v) is 6.93. The summed E-state index contributed by atoms with van der Waals surface area (Å²) in [6, 6.07) is 3.73. The molecule has 0 saturated carbocycles. The first-order valence-electron chi connectivity index (χ1n) is 8.99. The minimum atomic E-state index is -3.11. The summed E-state index contributed by atoms with van der Waals surface area (Å²) < 4.78 is 24.5. The van der Waals surface area contributed by atoms with E-state index in [0.717, 1.165) is 12.1 Å². The standard InChI is InChI=1S/C18H27N3O3S/c1-4-14-5-6-15(19-9-14)10-20-7-8-21(18(22)13(2)3)17-12-25(23,24)11-16(17)20/h5-6,9,13,16-17H,4,7-8,10-12H2,1-3H3. The van der Waals surface area contributed by atoms with Gasteiger partial charge in [0.15, 0.2) is 9.84 Å². The summed E-state index contributed by atoms with van der Waals surface area (Å²) in [7, 11) is -3.11. The highest BCUT2D eigenvalue weighted by atomic mass is 32.2. The van der Waals surface area contributed by atoms with Crippen LogP contribution in [0.4, 0.5) is 0 Å². The van der Waals surface area contributed by atoms with Crippen molar-refractivity contribution < 1.29 is 13.2 Å². The van der Waals surface area contributed by atoms with Gasteiger partial charge in [-0.1, -0.05) is 26.8 Å². The van der Waals surface area contributed by atoms with Gasteiger partial charge in [0.1, 0.15) is 0 Å². The highest BCUT2D eigenvalue weighted by Crippen LogP contribution is 2.29. The number of piperazine rings is 1. The van der Waals surface area contributed by atoms with E-state index in [1.54, 1.807) is 4.90 Å². The predicted octanol–water partition coefficient (Wildman–Crippen LogP) is 1.11. The van der Waals surface area contributed by atoms with Crippen molar-refractivity contribution in [3.05, 3.63) is 29.6 Å². The molecule has 1 amide bonds. The zero-order valence-corrected chi connectivity index (χ0v) is 16.0. The number of aryl methyl sites for hydroxylation is 1. The van der Waals surface area contributed by atoms with Gasteiger partial charge in [-0.25, -0.2) is 8.42 Å². The van der Waals surface area contributed by atoms with Crippen LogP contribution >= 0.6 is 0 Å². The molecular weight excluding hydrogens is 338 g/mol. The van der Waals surface area contributed by atoms with Crippen molar-refractivity contribution in [2.75, 3.05) is 24.6 Å². The smallest absolute Gasteiger partial charge is 0.225 e. The SMILES string of the molecule is CCc1ccc(CN2CCN(C(=O)C(C)C)C3CS(=O)(=O)CC32)nc1. The predicted molar refractivity (Wildman–Crippen MR) is 96.8 cm³/mol. The Kier molecular flexibility index (Phi) is 5.16. The summed E-state index contributed by atoms with van der Waals surface area (Å²) in [6.07, 6.45) is 2.84. The first-order chi connectivity index (χ1) is 11.8. The number of hydrogen-bond donors (Lipinski definition) is 0. The van der Waals surface area contributed by atoms with Crippen molar-refractivity contribution in [2.45, 2.75) is 45.8 Å². The fourth-order valence-electron chi connectivity index (χ4n) is 3.79. The summed E-state index contributed by atoms with van der Waals surface area (Å²) in [5.41, 5.74) is 2.14. The molecule has 25 heavy (non-hydrogen) atoms. The lowest BCUT2D eigenvalue weighted by atomic mass is 10.0. The molecule has 7 heteroatoms. The van der Waals surface area contributed by atoms with Gasteiger partial charge in [0.25, 0.3) is 0 Å². The van der Waals surface area contributed by atoms with Gasteiger partial charge in [0, 0.05) is 37.8 Å². The maximum atomic E-state index is 12.5. The molecule has 2 unspecified atom stereocenters. The molecular formula is C18H27N3O3S. The lowest BCUT2D eigenvalue weighted by molar-refractivity contribution is -0.140. The van der Waals surface area contributed by atoms with Gasteiger partial charge in [0.05, 0.1) is 23.2 Å². The van der Waals surface area contributed by atoms with Crippen LogP contribution in [0.2, 0.25) is 0 Å². The molecule has 0 N–H and O–H groups in total. The Hall–Kier alpha value is -1.47. The number of carbonyl (C=O) groups excluding carboxylic acids is 1. The second-order valence-corrected chi connectivity index (χ2v) is 9.53. The molecule has 0 aromatic carbocycles. The number of sulfone groups is 1. The largest absolute Gasteiger partial charge is 0.336 e. The maximum absolute atomic E-state index is 12.5. The molecule has 2 atom stereocenters. The summed E-state index contributed by atoms with van der Waals surface area (Å²) >= 11 is 0. The molecule has 3 heterocycles. The average Bonchev–Trinajstić information content (AvgIpc) is 2.90. The molecule has 0 radical (unpaired) electrons. The van der Waals surface area contributed by atoms with Crippen LogP contribution < -0.4 is 0 Å². The molecule has 2 aliphatic heterocycles. The van der Waals surface area contributed by atoms with Crippen LogP contribution in [-0.2, 0) is 27.6 Å². The monoisotopic (exact) mass is 365 g/mol. The van der Waals surface area contributed by atoms with E-state index in [4.69, 9.17) is 0 Å². The minimum Gasteiger partial charge on any atom is -0.336 e. The number of pyridine rings is 1. The zero-order chi connectivity index (χ0) is 18.2. The van der Waals surface area contributed by atoms with Crippen LogP contribution in [-0.4, -0.2) is 65.8 Å². The van der Waals surface area contributed by atoms with Crippen LogP contribution in [0.5, 0.6) is 0 Å². The fraction of sp³-hybridized carbons (Fsp3) is 0.667. The summed E-state index contributed by atoms with van der Waals surface area (Å²) in [5.74, 6) is 0.150. The van der Waals surface area contributed by atoms with Crippen molar-refractivity contribution in [1.29, 1.82) is 0 Å². The van der Waals surface area contributed by atoms with Crippen molar-refractivity contribution in [3.63, 3.8) is 0 Å². The molecule has 3 rings (SSSR count). The molecule has 1 aromatic heterocycles. The second-order valence-electron chi connectivity index (χ2n) is 7.38. The first kappa shape index (κ1) is 18.3. The average molecular weight is 365 g/mol. The van der Waals surface area contributed by atoms with Crippen LogP contribution in [0.15, 0.2) is 18.3 Å². The molecule has 6 nitrogen and oxygen atoms in total. The molecule has 2 saturated heterocycles. The van der Waals surface area contributed by atoms with Gasteiger partial charge < -0.3 is 4.90 Å². The van der Waals surface area contributed by atoms with Gasteiger partial charge >= 0.3 is 0 Å². The Morgan fingerprint density at radius 1 is 1.24 bits per heavy atom. The lowest BCUT2D eigenvalue weighted by Crippen LogP contribution is -2.60. The number of aromatic nitrogens is 1. The van der Waals surface area contributed by atoms with E-state index in [9.17, 15) is 13.2 Å². The molecule has 0 aliphatic carbocycles. The van der Waals surface area contributed by atoms with Gasteiger partial charge in [-0.2, -0.15) is 0 Å². The lowest BCUT2D eigenvalue weighted by Gasteiger charge is -2.44. The maximum Gasteiger partial charge on any atom is 0.225 e. The Labute approximate surface area is 150 Å². The minimum absolute atomic E-state index is 0.0529. The molecule has 0 bridgehead atoms. The van der Waals surface area contributed by atoms with Crippen LogP contribution in [0, 0.1) is 5.92 Å². The molecule has 0 spiro atoms. The van der Waals surface area contributed by atoms with Crippen LogP contribution in [0.3, 0.4) is 0 Å². The van der Waals surface area contributed by atoms with Crippen molar-refractivity contribution in [3.8, 4) is 0 Å². The summed E-state index contributed by atoms with van der Waals surface area (Å²) in [4.78, 5) is 21.0. The highest BCUT2D eigenvalue weighted by Gasteiger charge is 2.48. The van der Waals surface area contributed by atoms with E-state index in [1.807, 2.05) is 26.1 Å². The zero-order valence-electron chi connectivity index (χ0n) is 15.2. The van der Waals surface area contributed by atoms with Crippen molar-refractivity contribution >= 4 is 15.7 Å². The Bertz CT molecular complexity index is 730. The normalized spacial score (nSPS) is 26.0. The topological polar surface area (TPSA) is 70.6 Å².